The Labute approximate surface area is 170 Å². The van der Waals surface area contributed by atoms with Crippen molar-refractivity contribution in [3.05, 3.63) is 59.7 Å². The normalized spacial score (nSPS) is 15.2. The Balaban J connectivity index is 1.58. The van der Waals surface area contributed by atoms with E-state index < -0.39 is 17.9 Å². The number of amides is 3. The van der Waals surface area contributed by atoms with Crippen molar-refractivity contribution in [2.75, 3.05) is 18.6 Å². The Morgan fingerprint density at radius 2 is 1.76 bits per heavy atom. The Morgan fingerprint density at radius 3 is 2.41 bits per heavy atom. The van der Waals surface area contributed by atoms with Crippen LogP contribution in [0.25, 0.3) is 0 Å². The number of anilines is 1. The lowest BCUT2D eigenvalue weighted by molar-refractivity contribution is -0.140. The third-order valence-corrected chi connectivity index (χ3v) is 4.85. The van der Waals surface area contributed by atoms with Crippen LogP contribution >= 0.6 is 0 Å². The molecule has 3 rings (SSSR count). The highest BCUT2D eigenvalue weighted by Crippen LogP contribution is 2.36. The SMILES string of the molecule is COc1ccc(CCNC(=O)C(=O)N[C@H]2C(=O)N(C(C)C)c3ccccc32)cc1. The average molecular weight is 395 g/mol. The number of methoxy groups -OCH3 is 1. The second-order valence-electron chi connectivity index (χ2n) is 7.12. The van der Waals surface area contributed by atoms with Gasteiger partial charge in [0.1, 0.15) is 11.8 Å². The van der Waals surface area contributed by atoms with E-state index in [1.807, 2.05) is 56.3 Å². The van der Waals surface area contributed by atoms with Crippen LogP contribution in [0.5, 0.6) is 5.75 Å². The molecule has 0 fully saturated rings. The molecule has 0 unspecified atom stereocenters. The summed E-state index contributed by atoms with van der Waals surface area (Å²) in [6.07, 6.45) is 0.579. The van der Waals surface area contributed by atoms with E-state index in [-0.39, 0.29) is 11.9 Å². The summed E-state index contributed by atoms with van der Waals surface area (Å²) in [6.45, 7) is 4.13. The van der Waals surface area contributed by atoms with E-state index in [4.69, 9.17) is 4.74 Å². The van der Waals surface area contributed by atoms with Gasteiger partial charge in [-0.15, -0.1) is 0 Å². The van der Waals surface area contributed by atoms with Crippen LogP contribution in [0, 0.1) is 0 Å². The summed E-state index contributed by atoms with van der Waals surface area (Å²) < 4.78 is 5.11. The van der Waals surface area contributed by atoms with Crippen LogP contribution < -0.4 is 20.3 Å². The fourth-order valence-electron chi connectivity index (χ4n) is 3.40. The van der Waals surface area contributed by atoms with Gasteiger partial charge in [-0.05, 0) is 44.0 Å². The van der Waals surface area contributed by atoms with Crippen molar-refractivity contribution in [3.8, 4) is 5.75 Å². The number of fused-ring (bicyclic) bond motifs is 1. The van der Waals surface area contributed by atoms with E-state index in [9.17, 15) is 14.4 Å². The smallest absolute Gasteiger partial charge is 0.310 e. The molecule has 0 bridgehead atoms. The molecule has 152 valence electrons. The Hall–Kier alpha value is -3.35. The molecule has 0 saturated heterocycles. The van der Waals surface area contributed by atoms with Crippen molar-refractivity contribution < 1.29 is 19.1 Å². The van der Waals surface area contributed by atoms with E-state index in [0.29, 0.717) is 18.5 Å². The number of carbonyl (C=O) groups is 3. The highest BCUT2D eigenvalue weighted by molar-refractivity contribution is 6.35. The van der Waals surface area contributed by atoms with Crippen LogP contribution in [-0.4, -0.2) is 37.4 Å². The molecule has 0 saturated carbocycles. The second-order valence-corrected chi connectivity index (χ2v) is 7.12. The lowest BCUT2D eigenvalue weighted by Gasteiger charge is -2.22. The van der Waals surface area contributed by atoms with Crippen LogP contribution in [0.15, 0.2) is 48.5 Å². The molecule has 3 amide bonds. The summed E-state index contributed by atoms with van der Waals surface area (Å²) in [5.74, 6) is -1.06. The van der Waals surface area contributed by atoms with Gasteiger partial charge < -0.3 is 20.3 Å². The van der Waals surface area contributed by atoms with Gasteiger partial charge in [0.25, 0.3) is 5.91 Å². The van der Waals surface area contributed by atoms with Gasteiger partial charge in [-0.1, -0.05) is 30.3 Å². The van der Waals surface area contributed by atoms with E-state index in [1.165, 1.54) is 0 Å². The predicted octanol–water partition coefficient (Wildman–Crippen LogP) is 1.97. The minimum Gasteiger partial charge on any atom is -0.497 e. The van der Waals surface area contributed by atoms with Crippen molar-refractivity contribution in [2.24, 2.45) is 0 Å². The van der Waals surface area contributed by atoms with Gasteiger partial charge in [-0.25, -0.2) is 0 Å². The van der Waals surface area contributed by atoms with Gasteiger partial charge in [0, 0.05) is 23.8 Å². The number of para-hydroxylation sites is 1. The number of ether oxygens (including phenoxy) is 1. The summed E-state index contributed by atoms with van der Waals surface area (Å²) in [5, 5.41) is 5.17. The molecule has 1 heterocycles. The number of benzene rings is 2. The molecule has 1 atom stereocenters. The first-order valence-electron chi connectivity index (χ1n) is 9.56. The first-order valence-corrected chi connectivity index (χ1v) is 9.56. The first-order chi connectivity index (χ1) is 13.9. The Morgan fingerprint density at radius 1 is 1.07 bits per heavy atom. The molecule has 1 aliphatic heterocycles. The molecular formula is C22H25N3O4. The number of hydrogen-bond acceptors (Lipinski definition) is 4. The largest absolute Gasteiger partial charge is 0.497 e. The number of hydrogen-bond donors (Lipinski definition) is 2. The molecule has 29 heavy (non-hydrogen) atoms. The van der Waals surface area contributed by atoms with E-state index in [1.54, 1.807) is 18.1 Å². The summed E-state index contributed by atoms with van der Waals surface area (Å²) in [7, 11) is 1.60. The zero-order valence-electron chi connectivity index (χ0n) is 16.8. The summed E-state index contributed by atoms with van der Waals surface area (Å²) in [5.41, 5.74) is 2.47. The molecular weight excluding hydrogens is 370 g/mol. The van der Waals surface area contributed by atoms with Gasteiger partial charge in [0.2, 0.25) is 0 Å². The monoisotopic (exact) mass is 395 g/mol. The molecule has 7 nitrogen and oxygen atoms in total. The van der Waals surface area contributed by atoms with Gasteiger partial charge in [0.15, 0.2) is 0 Å². The van der Waals surface area contributed by atoms with Crippen molar-refractivity contribution in [3.63, 3.8) is 0 Å². The van der Waals surface area contributed by atoms with E-state index in [0.717, 1.165) is 17.0 Å². The molecule has 1 aliphatic rings. The minimum absolute atomic E-state index is 0.0520. The average Bonchev–Trinajstić information content (AvgIpc) is 3.00. The van der Waals surface area contributed by atoms with Crippen LogP contribution in [-0.2, 0) is 20.8 Å². The summed E-state index contributed by atoms with van der Waals surface area (Å²) in [6, 6.07) is 13.9. The Bertz CT molecular complexity index is 909. The second kappa shape index (κ2) is 8.77. The highest BCUT2D eigenvalue weighted by atomic mass is 16.5. The molecule has 0 radical (unpaired) electrons. The maximum Gasteiger partial charge on any atom is 0.310 e. The van der Waals surface area contributed by atoms with Crippen molar-refractivity contribution in [1.29, 1.82) is 0 Å². The molecule has 0 aromatic heterocycles. The molecule has 0 aliphatic carbocycles. The Kier molecular flexibility index (Phi) is 6.16. The van der Waals surface area contributed by atoms with Gasteiger partial charge in [-0.3, -0.25) is 14.4 Å². The van der Waals surface area contributed by atoms with Crippen LogP contribution in [0.3, 0.4) is 0 Å². The van der Waals surface area contributed by atoms with Gasteiger partial charge in [0.05, 0.1) is 7.11 Å². The minimum atomic E-state index is -0.853. The summed E-state index contributed by atoms with van der Waals surface area (Å²) in [4.78, 5) is 39.0. The lowest BCUT2D eigenvalue weighted by atomic mass is 10.1. The summed E-state index contributed by atoms with van der Waals surface area (Å²) >= 11 is 0. The third-order valence-electron chi connectivity index (χ3n) is 4.85. The molecule has 0 spiro atoms. The number of rotatable bonds is 6. The quantitative estimate of drug-likeness (QED) is 0.732. The standard InChI is InChI=1S/C22H25N3O4/c1-14(2)25-18-7-5-4-6-17(18)19(22(25)28)24-21(27)20(26)23-13-12-15-8-10-16(29-3)11-9-15/h4-11,14,19H,12-13H2,1-3H3,(H,23,26)(H,24,27)/t19-/m1/s1. The van der Waals surface area contributed by atoms with Crippen LogP contribution in [0.1, 0.15) is 31.0 Å². The van der Waals surface area contributed by atoms with Gasteiger partial charge >= 0.3 is 11.8 Å². The molecule has 7 heteroatoms. The fourth-order valence-corrected chi connectivity index (χ4v) is 3.40. The molecule has 2 aromatic rings. The maximum absolute atomic E-state index is 12.8. The lowest BCUT2D eigenvalue weighted by Crippen LogP contribution is -2.45. The zero-order chi connectivity index (χ0) is 21.0. The molecule has 2 aromatic carbocycles. The van der Waals surface area contributed by atoms with Crippen molar-refractivity contribution in [1.82, 2.24) is 10.6 Å². The number of nitrogens with zero attached hydrogens (tertiary/aromatic N) is 1. The molecule has 2 N–H and O–H groups in total. The van der Waals surface area contributed by atoms with E-state index in [2.05, 4.69) is 10.6 Å². The first kappa shape index (κ1) is 20.4. The zero-order valence-corrected chi connectivity index (χ0v) is 16.8. The van der Waals surface area contributed by atoms with Gasteiger partial charge in [-0.2, -0.15) is 0 Å². The number of carbonyl (C=O) groups excluding carboxylic acids is 3. The van der Waals surface area contributed by atoms with Crippen molar-refractivity contribution >= 4 is 23.4 Å². The van der Waals surface area contributed by atoms with Crippen molar-refractivity contribution in [2.45, 2.75) is 32.4 Å². The van der Waals surface area contributed by atoms with Crippen LogP contribution in [0.2, 0.25) is 0 Å². The van der Waals surface area contributed by atoms with E-state index >= 15 is 0 Å². The third kappa shape index (κ3) is 4.39. The van der Waals surface area contributed by atoms with Crippen LogP contribution in [0.4, 0.5) is 5.69 Å². The predicted molar refractivity (Wildman–Crippen MR) is 110 cm³/mol. The topological polar surface area (TPSA) is 87.7 Å². The highest BCUT2D eigenvalue weighted by Gasteiger charge is 2.39. The number of nitrogens with one attached hydrogen (secondary N) is 2. The maximum atomic E-state index is 12.8. The fraction of sp³-hybridized carbons (Fsp3) is 0.318.